The van der Waals surface area contributed by atoms with Gasteiger partial charge in [0.1, 0.15) is 5.75 Å². The number of methoxy groups -OCH3 is 1. The van der Waals surface area contributed by atoms with E-state index in [1.54, 1.807) is 7.11 Å². The van der Waals surface area contributed by atoms with Crippen LogP contribution in [-0.4, -0.2) is 49.8 Å². The van der Waals surface area contributed by atoms with Crippen LogP contribution in [0, 0.1) is 6.92 Å². The summed E-state index contributed by atoms with van der Waals surface area (Å²) in [4.78, 5) is 14.1. The first-order valence-electron chi connectivity index (χ1n) is 7.37. The second-order valence-corrected chi connectivity index (χ2v) is 5.91. The van der Waals surface area contributed by atoms with Gasteiger partial charge in [-0.2, -0.15) is 0 Å². The summed E-state index contributed by atoms with van der Waals surface area (Å²) in [5.41, 5.74) is 2.37. The molecule has 1 N–H and O–H groups in total. The highest BCUT2D eigenvalue weighted by molar-refractivity contribution is 5.76. The maximum atomic E-state index is 11.7. The predicted octanol–water partition coefficient (Wildman–Crippen LogP) is 1.09. The van der Waals surface area contributed by atoms with E-state index < -0.39 is 0 Å². The molecule has 0 bridgehead atoms. The molecule has 114 valence electrons. The summed E-state index contributed by atoms with van der Waals surface area (Å²) in [6.45, 7) is 5.73. The van der Waals surface area contributed by atoms with Crippen LogP contribution in [0.15, 0.2) is 18.2 Å². The van der Waals surface area contributed by atoms with Gasteiger partial charge >= 0.3 is 0 Å². The van der Waals surface area contributed by atoms with E-state index >= 15 is 0 Å². The van der Waals surface area contributed by atoms with E-state index in [1.807, 2.05) is 12.1 Å². The van der Waals surface area contributed by atoms with Gasteiger partial charge in [0.25, 0.3) is 0 Å². The molecule has 0 aliphatic carbocycles. The van der Waals surface area contributed by atoms with Crippen molar-refractivity contribution in [3.05, 3.63) is 29.3 Å². The molecule has 0 saturated carbocycles. The van der Waals surface area contributed by atoms with Gasteiger partial charge in [0, 0.05) is 26.1 Å². The summed E-state index contributed by atoms with van der Waals surface area (Å²) in [6.07, 6.45) is 0.546. The molecule has 2 aliphatic rings. The normalized spacial score (nSPS) is 21.5. The van der Waals surface area contributed by atoms with Crippen LogP contribution in [0.5, 0.6) is 5.75 Å². The van der Waals surface area contributed by atoms with Gasteiger partial charge in [-0.05, 0) is 24.1 Å². The zero-order valence-electron chi connectivity index (χ0n) is 12.6. The Morgan fingerprint density at radius 3 is 2.90 bits per heavy atom. The molecular formula is C16H22N2O3. The van der Waals surface area contributed by atoms with Crippen molar-refractivity contribution >= 4 is 5.91 Å². The standard InChI is InChI=1S/C16H22N2O3/c1-12-13(4-3-5-14(12)20-2)8-18-7-6-15(19)17-9-16(18)10-21-11-16/h3-5H,6-11H2,1-2H3,(H,17,19). The van der Waals surface area contributed by atoms with E-state index in [4.69, 9.17) is 9.47 Å². The molecule has 1 spiro atoms. The molecule has 0 aromatic heterocycles. The summed E-state index contributed by atoms with van der Waals surface area (Å²) < 4.78 is 10.8. The zero-order valence-corrected chi connectivity index (χ0v) is 12.6. The molecule has 5 nitrogen and oxygen atoms in total. The van der Waals surface area contributed by atoms with Gasteiger partial charge in [-0.3, -0.25) is 9.69 Å². The van der Waals surface area contributed by atoms with E-state index in [0.29, 0.717) is 26.2 Å². The number of carbonyl (C=O) groups excluding carboxylic acids is 1. The molecule has 1 aromatic carbocycles. The molecule has 2 saturated heterocycles. The van der Waals surface area contributed by atoms with Crippen LogP contribution < -0.4 is 10.1 Å². The Morgan fingerprint density at radius 1 is 1.43 bits per heavy atom. The van der Waals surface area contributed by atoms with E-state index in [-0.39, 0.29) is 11.4 Å². The number of benzene rings is 1. The van der Waals surface area contributed by atoms with Gasteiger partial charge in [0.05, 0.1) is 25.9 Å². The number of amides is 1. The highest BCUT2D eigenvalue weighted by Crippen LogP contribution is 2.30. The SMILES string of the molecule is COc1cccc(CN2CCC(=O)NCC23COC3)c1C. The van der Waals surface area contributed by atoms with Crippen LogP contribution in [0.1, 0.15) is 17.5 Å². The molecule has 21 heavy (non-hydrogen) atoms. The van der Waals surface area contributed by atoms with Crippen molar-refractivity contribution in [2.24, 2.45) is 0 Å². The number of nitrogens with one attached hydrogen (secondary N) is 1. The topological polar surface area (TPSA) is 50.8 Å². The first-order chi connectivity index (χ1) is 10.1. The van der Waals surface area contributed by atoms with Gasteiger partial charge in [-0.1, -0.05) is 12.1 Å². The van der Waals surface area contributed by atoms with Crippen LogP contribution in [0.3, 0.4) is 0 Å². The van der Waals surface area contributed by atoms with Crippen LogP contribution in [-0.2, 0) is 16.1 Å². The fourth-order valence-electron chi connectivity index (χ4n) is 3.06. The molecule has 2 fully saturated rings. The molecule has 2 heterocycles. The van der Waals surface area contributed by atoms with Gasteiger partial charge in [-0.15, -0.1) is 0 Å². The number of ether oxygens (including phenoxy) is 2. The maximum Gasteiger partial charge on any atom is 0.221 e. The Kier molecular flexibility index (Phi) is 3.87. The predicted molar refractivity (Wildman–Crippen MR) is 79.3 cm³/mol. The van der Waals surface area contributed by atoms with E-state index in [2.05, 4.69) is 23.2 Å². The molecule has 1 amide bonds. The monoisotopic (exact) mass is 290 g/mol. The van der Waals surface area contributed by atoms with Crippen LogP contribution >= 0.6 is 0 Å². The number of hydrogen-bond donors (Lipinski definition) is 1. The molecule has 5 heteroatoms. The lowest BCUT2D eigenvalue weighted by molar-refractivity contribution is -0.138. The van der Waals surface area contributed by atoms with Crippen LogP contribution in [0.4, 0.5) is 0 Å². The average molecular weight is 290 g/mol. The number of rotatable bonds is 3. The van der Waals surface area contributed by atoms with Crippen molar-refractivity contribution in [3.8, 4) is 5.75 Å². The minimum Gasteiger partial charge on any atom is -0.496 e. The summed E-state index contributed by atoms with van der Waals surface area (Å²) >= 11 is 0. The highest BCUT2D eigenvalue weighted by Gasteiger charge is 2.45. The second-order valence-electron chi connectivity index (χ2n) is 5.91. The fourth-order valence-corrected chi connectivity index (χ4v) is 3.06. The lowest BCUT2D eigenvalue weighted by atomic mass is 9.93. The van der Waals surface area contributed by atoms with Gasteiger partial charge < -0.3 is 14.8 Å². The number of nitrogens with zero attached hydrogens (tertiary/aromatic N) is 1. The second kappa shape index (κ2) is 5.66. The van der Waals surface area contributed by atoms with Crippen molar-refractivity contribution in [2.45, 2.75) is 25.4 Å². The van der Waals surface area contributed by atoms with Crippen molar-refractivity contribution < 1.29 is 14.3 Å². The van der Waals surface area contributed by atoms with Crippen LogP contribution in [0.25, 0.3) is 0 Å². The third-order valence-corrected chi connectivity index (χ3v) is 4.61. The summed E-state index contributed by atoms with van der Waals surface area (Å²) in [5, 5.41) is 3.00. The van der Waals surface area contributed by atoms with Crippen molar-refractivity contribution in [1.29, 1.82) is 0 Å². The molecule has 0 radical (unpaired) electrons. The smallest absolute Gasteiger partial charge is 0.221 e. The average Bonchev–Trinajstić information content (AvgIpc) is 2.61. The maximum absolute atomic E-state index is 11.7. The minimum atomic E-state index is -0.0400. The van der Waals surface area contributed by atoms with Gasteiger partial charge in [0.15, 0.2) is 0 Å². The van der Waals surface area contributed by atoms with Gasteiger partial charge in [-0.25, -0.2) is 0 Å². The molecule has 0 unspecified atom stereocenters. The summed E-state index contributed by atoms with van der Waals surface area (Å²) in [7, 11) is 1.70. The first-order valence-corrected chi connectivity index (χ1v) is 7.37. The molecular weight excluding hydrogens is 268 g/mol. The van der Waals surface area contributed by atoms with Crippen molar-refractivity contribution in [2.75, 3.05) is 33.4 Å². The number of hydrogen-bond acceptors (Lipinski definition) is 4. The minimum absolute atomic E-state index is 0.0400. The Bertz CT molecular complexity index is 540. The first kappa shape index (κ1) is 14.4. The van der Waals surface area contributed by atoms with Crippen molar-refractivity contribution in [1.82, 2.24) is 10.2 Å². The highest BCUT2D eigenvalue weighted by atomic mass is 16.5. The van der Waals surface area contributed by atoms with Crippen molar-refractivity contribution in [3.63, 3.8) is 0 Å². The van der Waals surface area contributed by atoms with E-state index in [1.165, 1.54) is 11.1 Å². The summed E-state index contributed by atoms with van der Waals surface area (Å²) in [5.74, 6) is 1.04. The lowest BCUT2D eigenvalue weighted by Crippen LogP contribution is -2.65. The third-order valence-electron chi connectivity index (χ3n) is 4.61. The lowest BCUT2D eigenvalue weighted by Gasteiger charge is -2.48. The molecule has 2 aliphatic heterocycles. The number of carbonyl (C=O) groups is 1. The Morgan fingerprint density at radius 2 is 2.24 bits per heavy atom. The Hall–Kier alpha value is -1.59. The van der Waals surface area contributed by atoms with Gasteiger partial charge in [0.2, 0.25) is 5.91 Å². The molecule has 3 rings (SSSR count). The Balaban J connectivity index is 1.83. The van der Waals surface area contributed by atoms with Crippen LogP contribution in [0.2, 0.25) is 0 Å². The largest absolute Gasteiger partial charge is 0.496 e. The molecule has 0 atom stereocenters. The Labute approximate surface area is 125 Å². The quantitative estimate of drug-likeness (QED) is 0.905. The molecule has 1 aromatic rings. The van der Waals surface area contributed by atoms with E-state index in [0.717, 1.165) is 18.8 Å². The zero-order chi connectivity index (χ0) is 14.9. The van der Waals surface area contributed by atoms with E-state index in [9.17, 15) is 4.79 Å². The fraction of sp³-hybridized carbons (Fsp3) is 0.562. The third kappa shape index (κ3) is 2.63. The summed E-state index contributed by atoms with van der Waals surface area (Å²) in [6, 6.07) is 6.13.